The predicted octanol–water partition coefficient (Wildman–Crippen LogP) is 0.779. The van der Waals surface area contributed by atoms with Crippen LogP contribution in [0.1, 0.15) is 12.8 Å². The third kappa shape index (κ3) is 10.9. The number of methoxy groups -OCH3 is 1. The first-order valence-electron chi connectivity index (χ1n) is 12.7. The topological polar surface area (TPSA) is 123 Å². The molecule has 2 fully saturated rings. The van der Waals surface area contributed by atoms with Gasteiger partial charge in [0, 0.05) is 71.9 Å². The molecule has 2 aliphatic heterocycles. The first-order valence-corrected chi connectivity index (χ1v) is 14.1. The van der Waals surface area contributed by atoms with E-state index in [0.717, 1.165) is 52.2 Å². The van der Waals surface area contributed by atoms with Crippen molar-refractivity contribution < 1.29 is 41.0 Å². The number of nitrogens with one attached hydrogen (secondary N) is 1. The van der Waals surface area contributed by atoms with Gasteiger partial charge in [0.1, 0.15) is 5.75 Å². The maximum atomic E-state index is 13.4. The molecule has 0 radical (unpaired) electrons. The Bertz CT molecular complexity index is 1010. The number of aliphatic carboxylic acids is 1. The monoisotopic (exact) mass is 581 g/mol. The molecule has 3 rings (SSSR count). The van der Waals surface area contributed by atoms with E-state index in [-0.39, 0.29) is 23.8 Å². The third-order valence-electron chi connectivity index (χ3n) is 6.46. The molecule has 0 unspecified atom stereocenters. The molecule has 2 N–H and O–H groups in total. The van der Waals surface area contributed by atoms with Crippen LogP contribution in [-0.2, 0) is 19.6 Å². The van der Waals surface area contributed by atoms with Gasteiger partial charge in [0.05, 0.1) is 12.0 Å². The summed E-state index contributed by atoms with van der Waals surface area (Å²) in [7, 11) is -0.0238. The summed E-state index contributed by atoms with van der Waals surface area (Å²) < 4.78 is 65.1. The molecule has 2 saturated heterocycles. The molecule has 1 aromatic carbocycles. The molecule has 0 aliphatic carbocycles. The van der Waals surface area contributed by atoms with Gasteiger partial charge in [0.15, 0.2) is 0 Å². The molecule has 0 saturated carbocycles. The van der Waals surface area contributed by atoms with Crippen molar-refractivity contribution in [2.75, 3.05) is 86.1 Å². The van der Waals surface area contributed by atoms with E-state index in [1.165, 1.54) is 4.31 Å². The second kappa shape index (κ2) is 15.4. The zero-order chi connectivity index (χ0) is 29.1. The molecular weight excluding hydrogens is 543 g/mol. The number of sulfonamides is 1. The van der Waals surface area contributed by atoms with Gasteiger partial charge in [-0.15, -0.1) is 0 Å². The van der Waals surface area contributed by atoms with E-state index in [9.17, 15) is 26.4 Å². The number of ether oxygens (including phenoxy) is 1. The fourth-order valence-electron chi connectivity index (χ4n) is 4.08. The molecule has 1 aromatic rings. The number of hydrogen-bond donors (Lipinski definition) is 2. The number of carboxylic acids is 1. The Kier molecular flexibility index (Phi) is 12.9. The Morgan fingerprint density at radius 2 is 1.59 bits per heavy atom. The van der Waals surface area contributed by atoms with E-state index in [1.807, 2.05) is 4.90 Å². The van der Waals surface area contributed by atoms with Gasteiger partial charge in [0.25, 0.3) is 0 Å². The molecule has 0 spiro atoms. The van der Waals surface area contributed by atoms with Crippen LogP contribution in [0.15, 0.2) is 29.2 Å². The molecule has 11 nitrogen and oxygen atoms in total. The number of amides is 1. The maximum absolute atomic E-state index is 13.4. The number of hydrogen-bond acceptors (Lipinski definition) is 8. The zero-order valence-electron chi connectivity index (χ0n) is 22.3. The Hall–Kier alpha value is -2.46. The van der Waals surface area contributed by atoms with E-state index >= 15 is 0 Å². The van der Waals surface area contributed by atoms with Gasteiger partial charge in [-0.1, -0.05) is 0 Å². The Labute approximate surface area is 227 Å². The molecule has 39 heavy (non-hydrogen) atoms. The third-order valence-corrected chi connectivity index (χ3v) is 8.38. The number of carboxylic acid groups (broad SMARTS) is 1. The van der Waals surface area contributed by atoms with Crippen LogP contribution >= 0.6 is 0 Å². The number of carbonyl (C=O) groups is 2. The normalized spacial score (nSPS) is 17.4. The molecule has 2 aliphatic rings. The fourth-order valence-corrected chi connectivity index (χ4v) is 5.56. The van der Waals surface area contributed by atoms with Crippen LogP contribution in [0.5, 0.6) is 5.75 Å². The minimum absolute atomic E-state index is 0.0144. The summed E-state index contributed by atoms with van der Waals surface area (Å²) in [5, 5.41) is 10.4. The number of rotatable bonds is 10. The minimum Gasteiger partial charge on any atom is -0.497 e. The predicted molar refractivity (Wildman–Crippen MR) is 138 cm³/mol. The molecule has 2 heterocycles. The molecule has 0 bridgehead atoms. The second-order valence-corrected chi connectivity index (χ2v) is 11.2. The number of benzene rings is 1. The summed E-state index contributed by atoms with van der Waals surface area (Å²) in [6.45, 7) is 8.44. The minimum atomic E-state index is -5.08. The van der Waals surface area contributed by atoms with Gasteiger partial charge < -0.3 is 29.9 Å². The molecule has 0 atom stereocenters. The molecule has 15 heteroatoms. The van der Waals surface area contributed by atoms with Gasteiger partial charge in [-0.05, 0) is 44.3 Å². The average molecular weight is 582 g/mol. The van der Waals surface area contributed by atoms with E-state index in [1.54, 1.807) is 31.4 Å². The van der Waals surface area contributed by atoms with Crippen molar-refractivity contribution in [2.45, 2.75) is 23.9 Å². The van der Waals surface area contributed by atoms with E-state index < -0.39 is 22.2 Å². The van der Waals surface area contributed by atoms with Gasteiger partial charge in [-0.2, -0.15) is 17.5 Å². The summed E-state index contributed by atoms with van der Waals surface area (Å²) in [6.07, 6.45) is -4.15. The maximum Gasteiger partial charge on any atom is 0.490 e. The Balaban J connectivity index is 0.000000673. The lowest BCUT2D eigenvalue weighted by Crippen LogP contribution is -2.47. The van der Waals surface area contributed by atoms with Crippen LogP contribution < -0.4 is 10.1 Å². The number of likely N-dealkylation sites (N-methyl/N-ethyl adjacent to an activating group) is 1. The molecule has 0 aromatic heterocycles. The van der Waals surface area contributed by atoms with E-state index in [2.05, 4.69) is 22.2 Å². The van der Waals surface area contributed by atoms with Crippen LogP contribution in [0.2, 0.25) is 0 Å². The molecule has 1 amide bonds. The average Bonchev–Trinajstić information content (AvgIpc) is 2.91. The number of nitrogens with zero attached hydrogens (tertiary/aromatic N) is 4. The van der Waals surface area contributed by atoms with Gasteiger partial charge in [0.2, 0.25) is 15.9 Å². The second-order valence-electron chi connectivity index (χ2n) is 9.26. The highest BCUT2D eigenvalue weighted by molar-refractivity contribution is 7.89. The molecular formula is C24H38F3N5O6S. The van der Waals surface area contributed by atoms with Crippen LogP contribution in [0.3, 0.4) is 0 Å². The standard InChI is InChI=1S/C22H37N5O4S.C2HF3O2/c1-24-16-18-25(19-17-24)11-3-12-27(13-8-22(28)26-14-9-23-10-15-26)32(29,30)21-6-4-20(31-2)5-7-21;3-2(4,5)1(6)7/h4-7,23H,3,8-19H2,1-2H3;(H,6,7). The van der Waals surface area contributed by atoms with Crippen molar-refractivity contribution in [1.29, 1.82) is 0 Å². The first-order chi connectivity index (χ1) is 18.3. The van der Waals surface area contributed by atoms with Crippen LogP contribution in [0.4, 0.5) is 13.2 Å². The highest BCUT2D eigenvalue weighted by Crippen LogP contribution is 2.20. The van der Waals surface area contributed by atoms with Gasteiger partial charge >= 0.3 is 12.1 Å². The van der Waals surface area contributed by atoms with Crippen molar-refractivity contribution in [3.63, 3.8) is 0 Å². The smallest absolute Gasteiger partial charge is 0.490 e. The zero-order valence-corrected chi connectivity index (χ0v) is 23.1. The Morgan fingerprint density at radius 1 is 1.03 bits per heavy atom. The summed E-state index contributed by atoms with van der Waals surface area (Å²) in [6, 6.07) is 6.45. The lowest BCUT2D eigenvalue weighted by Gasteiger charge is -2.33. The van der Waals surface area contributed by atoms with Crippen LogP contribution in [0.25, 0.3) is 0 Å². The summed E-state index contributed by atoms with van der Waals surface area (Å²) >= 11 is 0. The van der Waals surface area contributed by atoms with E-state index in [4.69, 9.17) is 14.6 Å². The molecule has 222 valence electrons. The first kappa shape index (κ1) is 32.8. The summed E-state index contributed by atoms with van der Waals surface area (Å²) in [4.78, 5) is 28.3. The summed E-state index contributed by atoms with van der Waals surface area (Å²) in [5.74, 6) is -2.13. The van der Waals surface area contributed by atoms with Crippen molar-refractivity contribution in [2.24, 2.45) is 0 Å². The van der Waals surface area contributed by atoms with Gasteiger partial charge in [-0.3, -0.25) is 4.79 Å². The number of carbonyl (C=O) groups excluding carboxylic acids is 1. The van der Waals surface area contributed by atoms with Crippen LogP contribution in [0, 0.1) is 0 Å². The van der Waals surface area contributed by atoms with Crippen molar-refractivity contribution >= 4 is 21.9 Å². The quantitative estimate of drug-likeness (QED) is 0.413. The largest absolute Gasteiger partial charge is 0.497 e. The lowest BCUT2D eigenvalue weighted by atomic mass is 10.3. The van der Waals surface area contributed by atoms with Crippen molar-refractivity contribution in [3.05, 3.63) is 24.3 Å². The van der Waals surface area contributed by atoms with Crippen molar-refractivity contribution in [3.8, 4) is 5.75 Å². The summed E-state index contributed by atoms with van der Waals surface area (Å²) in [5.41, 5.74) is 0. The highest BCUT2D eigenvalue weighted by atomic mass is 32.2. The highest BCUT2D eigenvalue weighted by Gasteiger charge is 2.38. The number of piperazine rings is 2. The number of alkyl halides is 3. The lowest BCUT2D eigenvalue weighted by molar-refractivity contribution is -0.192. The van der Waals surface area contributed by atoms with E-state index in [0.29, 0.717) is 25.4 Å². The van der Waals surface area contributed by atoms with Crippen molar-refractivity contribution in [1.82, 2.24) is 24.3 Å². The SMILES string of the molecule is COc1ccc(S(=O)(=O)N(CCCN2CCN(C)CC2)CCC(=O)N2CCNCC2)cc1.O=C(O)C(F)(F)F. The number of halogens is 3. The van der Waals surface area contributed by atoms with Gasteiger partial charge in [-0.25, -0.2) is 13.2 Å². The fraction of sp³-hybridized carbons (Fsp3) is 0.667. The van der Waals surface area contributed by atoms with Crippen LogP contribution in [-0.4, -0.2) is 137 Å². The Morgan fingerprint density at radius 3 is 2.10 bits per heavy atom.